The van der Waals surface area contributed by atoms with Crippen LogP contribution in [0.15, 0.2) is 21.5 Å². The fourth-order valence-electron chi connectivity index (χ4n) is 1.85. The third-order valence-corrected chi connectivity index (χ3v) is 4.44. The van der Waals surface area contributed by atoms with Crippen LogP contribution < -0.4 is 5.14 Å². The lowest BCUT2D eigenvalue weighted by molar-refractivity contribution is 0.0302. The molecule has 1 heterocycles. The largest absolute Gasteiger partial charge is 0.378 e. The molecule has 0 atom stereocenters. The van der Waals surface area contributed by atoms with E-state index in [4.69, 9.17) is 9.88 Å². The molecule has 0 saturated carbocycles. The van der Waals surface area contributed by atoms with Crippen molar-refractivity contribution >= 4 is 31.9 Å². The van der Waals surface area contributed by atoms with Crippen LogP contribution in [0.25, 0.3) is 0 Å². The van der Waals surface area contributed by atoms with Crippen LogP contribution in [0.4, 0.5) is 4.39 Å². The van der Waals surface area contributed by atoms with E-state index in [1.54, 1.807) is 0 Å². The molecule has 1 aromatic carbocycles. The number of halogens is 2. The van der Waals surface area contributed by atoms with Gasteiger partial charge < -0.3 is 9.64 Å². The zero-order valence-corrected chi connectivity index (χ0v) is 12.7. The van der Waals surface area contributed by atoms with Gasteiger partial charge in [-0.1, -0.05) is 0 Å². The minimum atomic E-state index is -4.23. The summed E-state index contributed by atoms with van der Waals surface area (Å²) in [5, 5.41) is 4.93. The summed E-state index contributed by atoms with van der Waals surface area (Å²) in [6, 6.07) is 1.87. The molecule has 1 saturated heterocycles. The Morgan fingerprint density at radius 3 is 2.50 bits per heavy atom. The zero-order valence-electron chi connectivity index (χ0n) is 10.3. The molecule has 0 spiro atoms. The molecule has 1 aliphatic heterocycles. The van der Waals surface area contributed by atoms with Crippen LogP contribution in [0.3, 0.4) is 0 Å². The predicted octanol–water partition coefficient (Wildman–Crippen LogP) is 0.708. The van der Waals surface area contributed by atoms with E-state index in [2.05, 4.69) is 15.9 Å². The number of hydrogen-bond donors (Lipinski definition) is 1. The van der Waals surface area contributed by atoms with Crippen LogP contribution in [0.5, 0.6) is 0 Å². The minimum Gasteiger partial charge on any atom is -0.378 e. The molecule has 0 aliphatic carbocycles. The number of benzene rings is 1. The van der Waals surface area contributed by atoms with Gasteiger partial charge in [-0.2, -0.15) is 0 Å². The fourth-order valence-corrected chi connectivity index (χ4v) is 2.95. The van der Waals surface area contributed by atoms with Gasteiger partial charge in [0.2, 0.25) is 10.0 Å². The van der Waals surface area contributed by atoms with Gasteiger partial charge in [-0.15, -0.1) is 0 Å². The maximum atomic E-state index is 13.6. The molecule has 2 N–H and O–H groups in total. The van der Waals surface area contributed by atoms with Crippen LogP contribution in [0.1, 0.15) is 10.4 Å². The number of ether oxygens (including phenoxy) is 1. The quantitative estimate of drug-likeness (QED) is 0.834. The second-order valence-corrected chi connectivity index (χ2v) is 6.60. The molecule has 0 bridgehead atoms. The molecule has 1 aromatic rings. The van der Waals surface area contributed by atoms with E-state index in [1.165, 1.54) is 4.90 Å². The van der Waals surface area contributed by atoms with Crippen LogP contribution in [-0.4, -0.2) is 45.5 Å². The van der Waals surface area contributed by atoms with Gasteiger partial charge in [0.1, 0.15) is 10.7 Å². The standard InChI is InChI=1S/C11H12BrFN2O4S/c12-8-6-9(13)10(20(14,17)18)5-7(8)11(16)15-1-3-19-4-2-15/h5-6H,1-4H2,(H2,14,17,18). The Hall–Kier alpha value is -1.03. The second-order valence-electron chi connectivity index (χ2n) is 4.21. The smallest absolute Gasteiger partial charge is 0.255 e. The summed E-state index contributed by atoms with van der Waals surface area (Å²) in [4.78, 5) is 13.1. The maximum Gasteiger partial charge on any atom is 0.255 e. The molecule has 0 aromatic heterocycles. The first-order chi connectivity index (χ1) is 9.30. The highest BCUT2D eigenvalue weighted by atomic mass is 79.9. The van der Waals surface area contributed by atoms with Crippen molar-refractivity contribution in [3.63, 3.8) is 0 Å². The van der Waals surface area contributed by atoms with E-state index in [-0.39, 0.29) is 10.0 Å². The number of hydrogen-bond acceptors (Lipinski definition) is 4. The molecule has 6 nitrogen and oxygen atoms in total. The third kappa shape index (κ3) is 3.17. The number of nitrogens with two attached hydrogens (primary N) is 1. The minimum absolute atomic E-state index is 0.0531. The molecule has 2 rings (SSSR count). The van der Waals surface area contributed by atoms with E-state index in [0.717, 1.165) is 12.1 Å². The maximum absolute atomic E-state index is 13.6. The van der Waals surface area contributed by atoms with E-state index in [0.29, 0.717) is 26.3 Å². The summed E-state index contributed by atoms with van der Waals surface area (Å²) in [5.74, 6) is -1.40. The summed E-state index contributed by atoms with van der Waals surface area (Å²) < 4.78 is 41.5. The van der Waals surface area contributed by atoms with Crippen LogP contribution in [0, 0.1) is 5.82 Å². The average Bonchev–Trinajstić information content (AvgIpc) is 2.37. The first-order valence-corrected chi connectivity index (χ1v) is 8.03. The van der Waals surface area contributed by atoms with Crippen LogP contribution >= 0.6 is 15.9 Å². The third-order valence-electron chi connectivity index (χ3n) is 2.86. The lowest BCUT2D eigenvalue weighted by Gasteiger charge is -2.27. The number of primary sulfonamides is 1. The lowest BCUT2D eigenvalue weighted by Crippen LogP contribution is -2.40. The van der Waals surface area contributed by atoms with E-state index in [9.17, 15) is 17.6 Å². The molecule has 0 unspecified atom stereocenters. The first-order valence-electron chi connectivity index (χ1n) is 5.69. The van der Waals surface area contributed by atoms with Gasteiger partial charge >= 0.3 is 0 Å². The van der Waals surface area contributed by atoms with Gasteiger partial charge in [0, 0.05) is 17.6 Å². The fraction of sp³-hybridized carbons (Fsp3) is 0.364. The summed E-state index contributed by atoms with van der Waals surface area (Å²) in [7, 11) is -4.23. The van der Waals surface area contributed by atoms with Gasteiger partial charge in [0.25, 0.3) is 5.91 Å². The summed E-state index contributed by atoms with van der Waals surface area (Å²) in [6.07, 6.45) is 0. The van der Waals surface area contributed by atoms with Crippen molar-refractivity contribution in [2.45, 2.75) is 4.90 Å². The van der Waals surface area contributed by atoms with E-state index in [1.807, 2.05) is 0 Å². The lowest BCUT2D eigenvalue weighted by atomic mass is 10.2. The number of nitrogens with zero attached hydrogens (tertiary/aromatic N) is 1. The van der Waals surface area contributed by atoms with Crippen molar-refractivity contribution in [3.8, 4) is 0 Å². The Morgan fingerprint density at radius 2 is 1.95 bits per heavy atom. The number of morpholine rings is 1. The molecule has 110 valence electrons. The number of carbonyl (C=O) groups excluding carboxylic acids is 1. The summed E-state index contributed by atoms with van der Waals surface area (Å²) >= 11 is 3.06. The number of amides is 1. The Labute approximate surface area is 123 Å². The van der Waals surface area contributed by atoms with Gasteiger partial charge in [0.15, 0.2) is 0 Å². The summed E-state index contributed by atoms with van der Waals surface area (Å²) in [6.45, 7) is 1.61. The molecule has 9 heteroatoms. The number of carbonyl (C=O) groups is 1. The topological polar surface area (TPSA) is 89.7 Å². The van der Waals surface area contributed by atoms with Crippen molar-refractivity contribution in [1.29, 1.82) is 0 Å². The van der Waals surface area contributed by atoms with Crippen LogP contribution in [-0.2, 0) is 14.8 Å². The Bertz CT molecular complexity index is 644. The van der Waals surface area contributed by atoms with E-state index >= 15 is 0 Å². The molecular formula is C11H12BrFN2O4S. The molecule has 1 amide bonds. The number of sulfonamides is 1. The summed E-state index contributed by atoms with van der Waals surface area (Å²) in [5.41, 5.74) is 0.0531. The van der Waals surface area contributed by atoms with E-state index < -0.39 is 26.6 Å². The average molecular weight is 367 g/mol. The Kier molecular flexibility index (Phi) is 4.43. The van der Waals surface area contributed by atoms with Crippen molar-refractivity contribution < 1.29 is 22.3 Å². The highest BCUT2D eigenvalue weighted by Crippen LogP contribution is 2.25. The SMILES string of the molecule is NS(=O)(=O)c1cc(C(=O)N2CCOCC2)c(Br)cc1F. The molecule has 0 radical (unpaired) electrons. The second kappa shape index (κ2) is 5.76. The van der Waals surface area contributed by atoms with Crippen molar-refractivity contribution in [2.24, 2.45) is 5.14 Å². The predicted molar refractivity (Wildman–Crippen MR) is 72.2 cm³/mol. The Morgan fingerprint density at radius 1 is 1.35 bits per heavy atom. The zero-order chi connectivity index (χ0) is 14.9. The van der Waals surface area contributed by atoms with Crippen molar-refractivity contribution in [2.75, 3.05) is 26.3 Å². The van der Waals surface area contributed by atoms with Gasteiger partial charge in [-0.3, -0.25) is 4.79 Å². The highest BCUT2D eigenvalue weighted by molar-refractivity contribution is 9.10. The van der Waals surface area contributed by atoms with Gasteiger partial charge in [0.05, 0.1) is 18.8 Å². The van der Waals surface area contributed by atoms with Crippen LogP contribution in [0.2, 0.25) is 0 Å². The molecule has 1 fully saturated rings. The molecule has 1 aliphatic rings. The van der Waals surface area contributed by atoms with Crippen molar-refractivity contribution in [3.05, 3.63) is 28.0 Å². The van der Waals surface area contributed by atoms with Crippen molar-refractivity contribution in [1.82, 2.24) is 4.90 Å². The molecule has 20 heavy (non-hydrogen) atoms. The normalized spacial score (nSPS) is 16.2. The molecular weight excluding hydrogens is 355 g/mol. The first kappa shape index (κ1) is 15.4. The van der Waals surface area contributed by atoms with Gasteiger partial charge in [-0.05, 0) is 28.1 Å². The monoisotopic (exact) mass is 366 g/mol. The Balaban J connectivity index is 2.43. The van der Waals surface area contributed by atoms with Gasteiger partial charge in [-0.25, -0.2) is 17.9 Å². The number of rotatable bonds is 2. The highest BCUT2D eigenvalue weighted by Gasteiger charge is 2.24.